The molecule has 0 amide bonds. The molecule has 5 heteroatoms. The molecule has 1 heterocycles. The molecule has 0 aromatic rings. The van der Waals surface area contributed by atoms with Crippen LogP contribution in [0.2, 0.25) is 11.6 Å². The maximum Gasteiger partial charge on any atom is 0.341 e. The van der Waals surface area contributed by atoms with Crippen LogP contribution >= 0.6 is 0 Å². The molecular formula is C10H24N2O2Si. The Balaban J connectivity index is 2.65. The first-order chi connectivity index (χ1) is 7.29. The van der Waals surface area contributed by atoms with Gasteiger partial charge in [0, 0.05) is 19.3 Å². The minimum absolute atomic E-state index is 0.470. The van der Waals surface area contributed by atoms with Gasteiger partial charge in [0.2, 0.25) is 0 Å². The van der Waals surface area contributed by atoms with Crippen LogP contribution in [0.3, 0.4) is 0 Å². The van der Waals surface area contributed by atoms with Gasteiger partial charge in [-0.2, -0.15) is 0 Å². The Morgan fingerprint density at radius 1 is 1.27 bits per heavy atom. The minimum Gasteiger partial charge on any atom is -0.397 e. The summed E-state index contributed by atoms with van der Waals surface area (Å²) in [6.45, 7) is 2.25. The zero-order valence-corrected chi connectivity index (χ0v) is 10.7. The highest BCUT2D eigenvalue weighted by Crippen LogP contribution is 2.37. The van der Waals surface area contributed by atoms with E-state index in [1.807, 2.05) is 0 Å². The Morgan fingerprint density at radius 3 is 2.33 bits per heavy atom. The van der Waals surface area contributed by atoms with E-state index in [1.54, 1.807) is 7.11 Å². The molecule has 0 spiro atoms. The molecule has 1 fully saturated rings. The molecule has 0 aromatic carbocycles. The van der Waals surface area contributed by atoms with E-state index in [1.165, 1.54) is 6.42 Å². The van der Waals surface area contributed by atoms with E-state index >= 15 is 0 Å². The van der Waals surface area contributed by atoms with Gasteiger partial charge in [-0.15, -0.1) is 0 Å². The lowest BCUT2D eigenvalue weighted by Gasteiger charge is -2.39. The van der Waals surface area contributed by atoms with Gasteiger partial charge in [0.1, 0.15) is 0 Å². The quantitative estimate of drug-likeness (QED) is 0.669. The summed E-state index contributed by atoms with van der Waals surface area (Å²) in [6, 6.07) is 1.11. The highest BCUT2D eigenvalue weighted by Gasteiger charge is 2.45. The standard InChI is InChI=1S/C10H24N2O2Si/c1-13-15(9-3-2-8-14-15)10(4-6-11)5-7-12/h10H,2-9,11-12H2,1H3. The van der Waals surface area contributed by atoms with Crippen molar-refractivity contribution in [2.24, 2.45) is 11.5 Å². The lowest BCUT2D eigenvalue weighted by Crippen LogP contribution is -2.49. The third-order valence-electron chi connectivity index (χ3n) is 3.26. The van der Waals surface area contributed by atoms with Crippen LogP contribution in [0.15, 0.2) is 0 Å². The van der Waals surface area contributed by atoms with E-state index in [0.717, 1.165) is 31.9 Å². The molecule has 4 nitrogen and oxygen atoms in total. The number of nitrogens with two attached hydrogens (primary N) is 2. The van der Waals surface area contributed by atoms with Crippen LogP contribution in [0.5, 0.6) is 0 Å². The first-order valence-corrected chi connectivity index (χ1v) is 7.98. The number of rotatable bonds is 6. The minimum atomic E-state index is -1.99. The van der Waals surface area contributed by atoms with Crippen molar-refractivity contribution in [1.29, 1.82) is 0 Å². The van der Waals surface area contributed by atoms with E-state index in [2.05, 4.69) is 0 Å². The SMILES string of the molecule is CO[Si]1(C(CCN)CCN)CCCCO1. The van der Waals surface area contributed by atoms with E-state index < -0.39 is 8.56 Å². The lowest BCUT2D eigenvalue weighted by atomic mass is 10.2. The summed E-state index contributed by atoms with van der Waals surface area (Å²) < 4.78 is 11.7. The van der Waals surface area contributed by atoms with E-state index in [0.29, 0.717) is 18.6 Å². The van der Waals surface area contributed by atoms with Gasteiger partial charge in [-0.3, -0.25) is 0 Å². The average Bonchev–Trinajstić information content (AvgIpc) is 2.30. The van der Waals surface area contributed by atoms with Crippen LogP contribution in [0.1, 0.15) is 25.7 Å². The van der Waals surface area contributed by atoms with Gasteiger partial charge in [-0.25, -0.2) is 0 Å². The fourth-order valence-corrected chi connectivity index (χ4v) is 6.32. The largest absolute Gasteiger partial charge is 0.397 e. The zero-order valence-electron chi connectivity index (χ0n) is 9.71. The summed E-state index contributed by atoms with van der Waals surface area (Å²) in [5.41, 5.74) is 11.8. The normalized spacial score (nSPS) is 27.2. The highest BCUT2D eigenvalue weighted by molar-refractivity contribution is 6.69. The van der Waals surface area contributed by atoms with Crippen LogP contribution in [0, 0.1) is 0 Å². The van der Waals surface area contributed by atoms with E-state index in [-0.39, 0.29) is 0 Å². The monoisotopic (exact) mass is 232 g/mol. The molecule has 0 bridgehead atoms. The molecule has 1 atom stereocenters. The van der Waals surface area contributed by atoms with E-state index in [4.69, 9.17) is 20.3 Å². The summed E-state index contributed by atoms with van der Waals surface area (Å²) in [5, 5.41) is 0. The molecule has 15 heavy (non-hydrogen) atoms. The van der Waals surface area contributed by atoms with Gasteiger partial charge in [0.25, 0.3) is 0 Å². The Morgan fingerprint density at radius 2 is 1.93 bits per heavy atom. The van der Waals surface area contributed by atoms with Gasteiger partial charge in [-0.1, -0.05) is 0 Å². The highest BCUT2D eigenvalue weighted by atomic mass is 28.4. The molecule has 1 unspecified atom stereocenters. The van der Waals surface area contributed by atoms with Crippen LogP contribution in [0.4, 0.5) is 0 Å². The van der Waals surface area contributed by atoms with Crippen LogP contribution in [0.25, 0.3) is 0 Å². The smallest absolute Gasteiger partial charge is 0.341 e. The third-order valence-corrected chi connectivity index (χ3v) is 7.52. The predicted octanol–water partition coefficient (Wildman–Crippen LogP) is 0.953. The van der Waals surface area contributed by atoms with Crippen molar-refractivity contribution in [2.45, 2.75) is 37.3 Å². The Hall–Kier alpha value is 0.0569. The molecular weight excluding hydrogens is 208 g/mol. The zero-order chi connectivity index (χ0) is 11.1. The molecule has 4 N–H and O–H groups in total. The van der Waals surface area contributed by atoms with Crippen molar-refractivity contribution >= 4 is 8.56 Å². The fourth-order valence-electron chi connectivity index (χ4n) is 2.43. The van der Waals surface area contributed by atoms with Gasteiger partial charge >= 0.3 is 8.56 Å². The van der Waals surface area contributed by atoms with Gasteiger partial charge in [-0.05, 0) is 44.8 Å². The van der Waals surface area contributed by atoms with Crippen molar-refractivity contribution in [1.82, 2.24) is 0 Å². The average molecular weight is 232 g/mol. The summed E-state index contributed by atoms with van der Waals surface area (Å²) in [5.74, 6) is 0. The molecule has 1 aliphatic heterocycles. The second-order valence-electron chi connectivity index (χ2n) is 4.17. The topological polar surface area (TPSA) is 70.5 Å². The Bertz CT molecular complexity index is 169. The summed E-state index contributed by atoms with van der Waals surface area (Å²) in [7, 11) is -0.199. The third kappa shape index (κ3) is 3.25. The molecule has 1 saturated heterocycles. The molecule has 1 rings (SSSR count). The second kappa shape index (κ2) is 6.60. The van der Waals surface area contributed by atoms with Crippen LogP contribution in [-0.2, 0) is 8.85 Å². The maximum absolute atomic E-state index is 5.99. The van der Waals surface area contributed by atoms with Crippen LogP contribution < -0.4 is 11.5 Å². The van der Waals surface area contributed by atoms with Gasteiger partial charge in [0.05, 0.1) is 0 Å². The van der Waals surface area contributed by atoms with E-state index in [9.17, 15) is 0 Å². The second-order valence-corrected chi connectivity index (χ2v) is 7.81. The Kier molecular flexibility index (Phi) is 5.77. The first kappa shape index (κ1) is 13.1. The molecule has 0 radical (unpaired) electrons. The van der Waals surface area contributed by atoms with Crippen molar-refractivity contribution in [3.63, 3.8) is 0 Å². The molecule has 0 aromatic heterocycles. The fraction of sp³-hybridized carbons (Fsp3) is 1.00. The van der Waals surface area contributed by atoms with Crippen molar-refractivity contribution in [2.75, 3.05) is 26.8 Å². The molecule has 90 valence electrons. The molecule has 0 aliphatic carbocycles. The number of hydrogen-bond donors (Lipinski definition) is 2. The Labute approximate surface area is 93.6 Å². The van der Waals surface area contributed by atoms with Gasteiger partial charge < -0.3 is 20.3 Å². The van der Waals surface area contributed by atoms with Crippen molar-refractivity contribution < 1.29 is 8.85 Å². The summed E-state index contributed by atoms with van der Waals surface area (Å²) in [4.78, 5) is 0. The van der Waals surface area contributed by atoms with Crippen LogP contribution in [-0.4, -0.2) is 35.4 Å². The molecule has 1 aliphatic rings. The van der Waals surface area contributed by atoms with Crippen molar-refractivity contribution in [3.05, 3.63) is 0 Å². The van der Waals surface area contributed by atoms with Gasteiger partial charge in [0.15, 0.2) is 0 Å². The lowest BCUT2D eigenvalue weighted by molar-refractivity contribution is 0.162. The summed E-state index contributed by atoms with van der Waals surface area (Å²) in [6.07, 6.45) is 4.36. The van der Waals surface area contributed by atoms with Crippen molar-refractivity contribution in [3.8, 4) is 0 Å². The first-order valence-electron chi connectivity index (χ1n) is 5.88. The molecule has 0 saturated carbocycles. The maximum atomic E-state index is 5.99. The summed E-state index contributed by atoms with van der Waals surface area (Å²) >= 11 is 0. The predicted molar refractivity (Wildman–Crippen MR) is 63.8 cm³/mol. The number of hydrogen-bond acceptors (Lipinski definition) is 4.